The Morgan fingerprint density at radius 3 is 2.36 bits per heavy atom. The molecule has 0 atom stereocenters. The first-order valence-corrected chi connectivity index (χ1v) is 11.0. The van der Waals surface area contributed by atoms with Gasteiger partial charge in [-0.1, -0.05) is 12.1 Å². The van der Waals surface area contributed by atoms with Crippen molar-refractivity contribution in [3.8, 4) is 29.1 Å². The summed E-state index contributed by atoms with van der Waals surface area (Å²) in [5.41, 5.74) is 1.33. The van der Waals surface area contributed by atoms with E-state index in [9.17, 15) is 14.9 Å². The van der Waals surface area contributed by atoms with Crippen molar-refractivity contribution in [1.29, 1.82) is 5.26 Å². The Morgan fingerprint density at radius 1 is 0.972 bits per heavy atom. The van der Waals surface area contributed by atoms with Gasteiger partial charge in [-0.15, -0.1) is 0 Å². The molecule has 0 aliphatic heterocycles. The fourth-order valence-electron chi connectivity index (χ4n) is 3.31. The lowest BCUT2D eigenvalue weighted by atomic mass is 10.1. The van der Waals surface area contributed by atoms with Crippen LogP contribution in [-0.2, 0) is 22.6 Å². The van der Waals surface area contributed by atoms with Crippen molar-refractivity contribution in [3.05, 3.63) is 77.3 Å². The van der Waals surface area contributed by atoms with Crippen molar-refractivity contribution in [2.75, 3.05) is 21.3 Å². The minimum absolute atomic E-state index is 0.0942. The summed E-state index contributed by atoms with van der Waals surface area (Å²) in [6, 6.07) is 15.5. The number of carbonyl (C=O) groups is 2. The Kier molecular flexibility index (Phi) is 9.12. The molecule has 0 spiro atoms. The molecular formula is C27H26N2O7. The SMILES string of the molecule is COc1ccc(CCC(=O)Oc2ccc(/C=C(\C#N)C(=O)NCc3ccco3)cc2OC)cc1OC. The van der Waals surface area contributed by atoms with Crippen LogP contribution in [0, 0.1) is 11.3 Å². The van der Waals surface area contributed by atoms with Crippen molar-refractivity contribution in [2.24, 2.45) is 0 Å². The van der Waals surface area contributed by atoms with Crippen LogP contribution in [0.2, 0.25) is 0 Å². The second kappa shape index (κ2) is 12.7. The van der Waals surface area contributed by atoms with Gasteiger partial charge in [-0.25, -0.2) is 0 Å². The molecule has 9 nitrogen and oxygen atoms in total. The number of hydrogen-bond donors (Lipinski definition) is 1. The average molecular weight is 491 g/mol. The van der Waals surface area contributed by atoms with Crippen LogP contribution in [0.4, 0.5) is 0 Å². The predicted octanol–water partition coefficient (Wildman–Crippen LogP) is 4.07. The van der Waals surface area contributed by atoms with E-state index in [2.05, 4.69) is 5.32 Å². The smallest absolute Gasteiger partial charge is 0.311 e. The van der Waals surface area contributed by atoms with E-state index in [-0.39, 0.29) is 30.0 Å². The fraction of sp³-hybridized carbons (Fsp3) is 0.222. The first-order valence-electron chi connectivity index (χ1n) is 11.0. The lowest BCUT2D eigenvalue weighted by molar-refractivity contribution is -0.134. The fourth-order valence-corrected chi connectivity index (χ4v) is 3.31. The molecule has 9 heteroatoms. The molecule has 1 N–H and O–H groups in total. The molecule has 0 bridgehead atoms. The average Bonchev–Trinajstić information content (AvgIpc) is 3.43. The summed E-state index contributed by atoms with van der Waals surface area (Å²) in [5.74, 6) is 1.29. The van der Waals surface area contributed by atoms with Gasteiger partial charge in [0.25, 0.3) is 5.91 Å². The normalized spacial score (nSPS) is 10.8. The maximum atomic E-state index is 12.4. The molecule has 1 heterocycles. The van der Waals surface area contributed by atoms with Crippen molar-refractivity contribution in [2.45, 2.75) is 19.4 Å². The standard InChI is InChI=1S/C27H26N2O7/c1-32-22-9-6-18(14-24(22)33-2)8-11-26(30)36-23-10-7-19(15-25(23)34-3)13-20(16-28)27(31)29-17-21-5-4-12-35-21/h4-7,9-10,12-15H,8,11,17H2,1-3H3,(H,29,31)/b20-13+. The van der Waals surface area contributed by atoms with Crippen molar-refractivity contribution >= 4 is 18.0 Å². The van der Waals surface area contributed by atoms with Crippen LogP contribution in [0.3, 0.4) is 0 Å². The van der Waals surface area contributed by atoms with Gasteiger partial charge in [0.1, 0.15) is 17.4 Å². The highest BCUT2D eigenvalue weighted by Crippen LogP contribution is 2.30. The number of nitrogens with zero attached hydrogens (tertiary/aromatic N) is 1. The highest BCUT2D eigenvalue weighted by atomic mass is 16.6. The summed E-state index contributed by atoms with van der Waals surface area (Å²) in [7, 11) is 4.54. The third-order valence-corrected chi connectivity index (χ3v) is 5.16. The molecule has 36 heavy (non-hydrogen) atoms. The maximum Gasteiger partial charge on any atom is 0.311 e. The number of aryl methyl sites for hydroxylation is 1. The summed E-state index contributed by atoms with van der Waals surface area (Å²) >= 11 is 0. The Hall–Kier alpha value is -4.71. The van der Waals surface area contributed by atoms with E-state index in [1.54, 1.807) is 50.6 Å². The molecular weight excluding hydrogens is 464 g/mol. The van der Waals surface area contributed by atoms with Crippen LogP contribution in [0.15, 0.2) is 64.8 Å². The van der Waals surface area contributed by atoms with Gasteiger partial charge in [0.15, 0.2) is 23.0 Å². The summed E-state index contributed by atoms with van der Waals surface area (Å²) in [5, 5.41) is 12.0. The van der Waals surface area contributed by atoms with Gasteiger partial charge >= 0.3 is 5.97 Å². The zero-order chi connectivity index (χ0) is 25.9. The van der Waals surface area contributed by atoms with Crippen LogP contribution >= 0.6 is 0 Å². The van der Waals surface area contributed by atoms with E-state index in [4.69, 9.17) is 23.4 Å². The summed E-state index contributed by atoms with van der Waals surface area (Å²) < 4.78 is 26.5. The highest BCUT2D eigenvalue weighted by molar-refractivity contribution is 6.01. The highest BCUT2D eigenvalue weighted by Gasteiger charge is 2.14. The van der Waals surface area contributed by atoms with Crippen LogP contribution in [0.1, 0.15) is 23.3 Å². The lowest BCUT2D eigenvalue weighted by Gasteiger charge is -2.11. The Balaban J connectivity index is 1.63. The molecule has 0 aliphatic rings. The zero-order valence-electron chi connectivity index (χ0n) is 20.2. The number of carbonyl (C=O) groups excluding carboxylic acids is 2. The quantitative estimate of drug-likeness (QED) is 0.185. The first kappa shape index (κ1) is 25.9. The number of nitrogens with one attached hydrogen (secondary N) is 1. The second-order valence-electron chi connectivity index (χ2n) is 7.51. The minimum atomic E-state index is -0.543. The number of hydrogen-bond acceptors (Lipinski definition) is 8. The van der Waals surface area contributed by atoms with Crippen molar-refractivity contribution < 1.29 is 33.0 Å². The molecule has 0 unspecified atom stereocenters. The Labute approximate surface area is 208 Å². The van der Waals surface area contributed by atoms with Crippen LogP contribution in [0.5, 0.6) is 23.0 Å². The number of rotatable bonds is 11. The molecule has 186 valence electrons. The van der Waals surface area contributed by atoms with Crippen molar-refractivity contribution in [1.82, 2.24) is 5.32 Å². The molecule has 1 aromatic heterocycles. The van der Waals surface area contributed by atoms with Gasteiger partial charge < -0.3 is 28.7 Å². The van der Waals surface area contributed by atoms with Gasteiger partial charge in [0.2, 0.25) is 0 Å². The maximum absolute atomic E-state index is 12.4. The van der Waals surface area contributed by atoms with Gasteiger partial charge in [-0.05, 0) is 60.0 Å². The molecule has 0 fully saturated rings. The van der Waals surface area contributed by atoms with E-state index in [1.165, 1.54) is 19.4 Å². The summed E-state index contributed by atoms with van der Waals surface area (Å²) in [4.78, 5) is 24.8. The summed E-state index contributed by atoms with van der Waals surface area (Å²) in [6.45, 7) is 0.159. The minimum Gasteiger partial charge on any atom is -0.493 e. The topological polar surface area (TPSA) is 120 Å². The number of ether oxygens (including phenoxy) is 4. The molecule has 0 saturated heterocycles. The molecule has 2 aromatic carbocycles. The van der Waals surface area contributed by atoms with Gasteiger partial charge in [-0.3, -0.25) is 9.59 Å². The molecule has 1 amide bonds. The molecule has 3 aromatic rings. The van der Waals surface area contributed by atoms with Crippen LogP contribution < -0.4 is 24.3 Å². The van der Waals surface area contributed by atoms with E-state index in [0.29, 0.717) is 29.2 Å². The van der Waals surface area contributed by atoms with E-state index in [1.807, 2.05) is 18.2 Å². The molecule has 0 saturated carbocycles. The number of amides is 1. The Morgan fingerprint density at radius 2 is 1.69 bits per heavy atom. The van der Waals surface area contributed by atoms with E-state index >= 15 is 0 Å². The summed E-state index contributed by atoms with van der Waals surface area (Å²) in [6.07, 6.45) is 3.50. The largest absolute Gasteiger partial charge is 0.493 e. The van der Waals surface area contributed by atoms with Crippen LogP contribution in [-0.4, -0.2) is 33.2 Å². The van der Waals surface area contributed by atoms with Gasteiger partial charge in [0, 0.05) is 6.42 Å². The number of nitriles is 1. The molecule has 0 aliphatic carbocycles. The molecule has 3 rings (SSSR count). The number of methoxy groups -OCH3 is 3. The number of benzene rings is 2. The number of esters is 1. The third-order valence-electron chi connectivity index (χ3n) is 5.16. The molecule has 0 radical (unpaired) electrons. The Bertz CT molecular complexity index is 1270. The van der Waals surface area contributed by atoms with Gasteiger partial charge in [0.05, 0.1) is 34.1 Å². The zero-order valence-corrected chi connectivity index (χ0v) is 20.2. The van der Waals surface area contributed by atoms with Crippen LogP contribution in [0.25, 0.3) is 6.08 Å². The van der Waals surface area contributed by atoms with Crippen molar-refractivity contribution in [3.63, 3.8) is 0 Å². The first-order chi connectivity index (χ1) is 17.5. The number of furan rings is 1. The third kappa shape index (κ3) is 6.90. The monoisotopic (exact) mass is 490 g/mol. The van der Waals surface area contributed by atoms with E-state index in [0.717, 1.165) is 5.56 Å². The second-order valence-corrected chi connectivity index (χ2v) is 7.51. The lowest BCUT2D eigenvalue weighted by Crippen LogP contribution is -2.23. The predicted molar refractivity (Wildman–Crippen MR) is 131 cm³/mol. The van der Waals surface area contributed by atoms with E-state index < -0.39 is 11.9 Å². The van der Waals surface area contributed by atoms with Gasteiger partial charge in [-0.2, -0.15) is 5.26 Å².